The van der Waals surface area contributed by atoms with Crippen LogP contribution in [0.15, 0.2) is 12.2 Å². The maximum Gasteiger partial charge on any atom is 0.308 e. The van der Waals surface area contributed by atoms with Crippen LogP contribution in [0.25, 0.3) is 0 Å². The molecule has 0 bridgehead atoms. The van der Waals surface area contributed by atoms with E-state index in [1.807, 2.05) is 0 Å². The number of hydrogen-bond acceptors (Lipinski definition) is 3. The summed E-state index contributed by atoms with van der Waals surface area (Å²) in [4.78, 5) is 33.8. The Morgan fingerprint density at radius 2 is 1.93 bits per heavy atom. The molecule has 1 heterocycles. The molecule has 1 rings (SSSR count). The van der Waals surface area contributed by atoms with Crippen molar-refractivity contribution in [2.45, 2.75) is 13.3 Å². The molecule has 14 heavy (non-hydrogen) atoms. The van der Waals surface area contributed by atoms with Crippen LogP contribution in [0.3, 0.4) is 0 Å². The van der Waals surface area contributed by atoms with Gasteiger partial charge in [-0.2, -0.15) is 0 Å². The third-order valence-corrected chi connectivity index (χ3v) is 2.15. The minimum atomic E-state index is -0.986. The predicted octanol–water partition coefficient (Wildman–Crippen LogP) is 0.0222. The third-order valence-electron chi connectivity index (χ3n) is 2.15. The van der Waals surface area contributed by atoms with Gasteiger partial charge in [0.05, 0.1) is 5.92 Å². The van der Waals surface area contributed by atoms with Crippen LogP contribution >= 0.6 is 0 Å². The normalized spacial score (nSPS) is 17.6. The minimum Gasteiger partial charge on any atom is -0.481 e. The highest BCUT2D eigenvalue weighted by molar-refractivity contribution is 6.13. The summed E-state index contributed by atoms with van der Waals surface area (Å²) < 4.78 is 0. The third kappa shape index (κ3) is 1.99. The molecule has 1 N–H and O–H groups in total. The Morgan fingerprint density at radius 1 is 1.43 bits per heavy atom. The lowest BCUT2D eigenvalue weighted by molar-refractivity contribution is -0.144. The van der Waals surface area contributed by atoms with Crippen molar-refractivity contribution in [2.24, 2.45) is 5.92 Å². The number of imide groups is 1. The first-order valence-corrected chi connectivity index (χ1v) is 4.32. The summed E-state index contributed by atoms with van der Waals surface area (Å²) in [6.45, 7) is 1.66. The Labute approximate surface area is 81.0 Å². The summed E-state index contributed by atoms with van der Waals surface area (Å²) in [6.07, 6.45) is 2.69. The molecule has 0 radical (unpaired) electrons. The molecular formula is C9H11NO4. The van der Waals surface area contributed by atoms with Crippen molar-refractivity contribution in [3.8, 4) is 0 Å². The van der Waals surface area contributed by atoms with E-state index in [0.717, 1.165) is 17.1 Å². The van der Waals surface area contributed by atoms with Gasteiger partial charge in [-0.25, -0.2) is 0 Å². The molecule has 0 fully saturated rings. The predicted molar refractivity (Wildman–Crippen MR) is 47.3 cm³/mol. The lowest BCUT2D eigenvalue weighted by Gasteiger charge is -2.17. The van der Waals surface area contributed by atoms with Crippen molar-refractivity contribution >= 4 is 17.8 Å². The standard InChI is InChI=1S/C9H11NO4/c1-2-6(9(13)14)5-10-7(11)3-4-8(10)12/h3-4,6H,2,5H2,1H3,(H,13,14). The van der Waals surface area contributed by atoms with Crippen LogP contribution in [0.5, 0.6) is 0 Å². The summed E-state index contributed by atoms with van der Waals surface area (Å²) in [5.41, 5.74) is 0. The molecule has 0 aliphatic carbocycles. The number of amides is 2. The summed E-state index contributed by atoms with van der Waals surface area (Å²) in [7, 11) is 0. The van der Waals surface area contributed by atoms with Crippen LogP contribution in [0.4, 0.5) is 0 Å². The molecule has 1 aliphatic rings. The maximum absolute atomic E-state index is 11.1. The van der Waals surface area contributed by atoms with Gasteiger partial charge in [-0.05, 0) is 6.42 Å². The Balaban J connectivity index is 2.64. The molecule has 1 unspecified atom stereocenters. The second kappa shape index (κ2) is 4.04. The van der Waals surface area contributed by atoms with Crippen molar-refractivity contribution in [1.29, 1.82) is 0 Å². The lowest BCUT2D eigenvalue weighted by Crippen LogP contribution is -2.37. The van der Waals surface area contributed by atoms with E-state index in [0.29, 0.717) is 6.42 Å². The Bertz CT molecular complexity index is 290. The Morgan fingerprint density at radius 3 is 2.29 bits per heavy atom. The van der Waals surface area contributed by atoms with Gasteiger partial charge < -0.3 is 5.11 Å². The number of carbonyl (C=O) groups excluding carboxylic acids is 2. The molecule has 0 spiro atoms. The molecule has 0 aromatic rings. The molecule has 0 saturated carbocycles. The molecule has 1 aliphatic heterocycles. The van der Waals surface area contributed by atoms with Gasteiger partial charge in [0, 0.05) is 18.7 Å². The Kier molecular flexibility index (Phi) is 3.01. The van der Waals surface area contributed by atoms with Crippen LogP contribution in [-0.2, 0) is 14.4 Å². The van der Waals surface area contributed by atoms with Crippen LogP contribution in [0, 0.1) is 5.92 Å². The van der Waals surface area contributed by atoms with E-state index in [2.05, 4.69) is 0 Å². The number of rotatable bonds is 4. The molecule has 5 heteroatoms. The van der Waals surface area contributed by atoms with Gasteiger partial charge in [0.15, 0.2) is 0 Å². The van der Waals surface area contributed by atoms with Crippen LogP contribution < -0.4 is 0 Å². The highest BCUT2D eigenvalue weighted by atomic mass is 16.4. The van der Waals surface area contributed by atoms with E-state index in [4.69, 9.17) is 5.11 Å². The monoisotopic (exact) mass is 197 g/mol. The lowest BCUT2D eigenvalue weighted by atomic mass is 10.1. The zero-order valence-electron chi connectivity index (χ0n) is 7.77. The van der Waals surface area contributed by atoms with Crippen LogP contribution in [0.1, 0.15) is 13.3 Å². The molecule has 1 atom stereocenters. The van der Waals surface area contributed by atoms with E-state index in [1.165, 1.54) is 0 Å². The second-order valence-electron chi connectivity index (χ2n) is 3.06. The van der Waals surface area contributed by atoms with Gasteiger partial charge in [-0.15, -0.1) is 0 Å². The van der Waals surface area contributed by atoms with Crippen LogP contribution in [-0.4, -0.2) is 34.3 Å². The molecule has 2 amide bonds. The van der Waals surface area contributed by atoms with Gasteiger partial charge in [0.25, 0.3) is 11.8 Å². The number of hydrogen-bond donors (Lipinski definition) is 1. The highest BCUT2D eigenvalue weighted by Gasteiger charge is 2.28. The fourth-order valence-corrected chi connectivity index (χ4v) is 1.21. The molecule has 0 aromatic heterocycles. The van der Waals surface area contributed by atoms with E-state index in [1.54, 1.807) is 6.92 Å². The fourth-order valence-electron chi connectivity index (χ4n) is 1.21. The van der Waals surface area contributed by atoms with Crippen molar-refractivity contribution in [1.82, 2.24) is 4.90 Å². The average Bonchev–Trinajstić information content (AvgIpc) is 2.43. The number of carbonyl (C=O) groups is 3. The zero-order chi connectivity index (χ0) is 10.7. The van der Waals surface area contributed by atoms with E-state index >= 15 is 0 Å². The first-order chi connectivity index (χ1) is 6.56. The fraction of sp³-hybridized carbons (Fsp3) is 0.444. The number of aliphatic carboxylic acids is 1. The number of nitrogens with zero attached hydrogens (tertiary/aromatic N) is 1. The minimum absolute atomic E-state index is 0.0451. The molecular weight excluding hydrogens is 186 g/mol. The average molecular weight is 197 g/mol. The molecule has 0 aromatic carbocycles. The first kappa shape index (κ1) is 10.4. The van der Waals surface area contributed by atoms with E-state index in [-0.39, 0.29) is 6.54 Å². The largest absolute Gasteiger partial charge is 0.481 e. The van der Waals surface area contributed by atoms with E-state index < -0.39 is 23.7 Å². The topological polar surface area (TPSA) is 74.7 Å². The summed E-state index contributed by atoms with van der Waals surface area (Å²) in [5, 5.41) is 8.74. The van der Waals surface area contributed by atoms with Crippen molar-refractivity contribution < 1.29 is 19.5 Å². The van der Waals surface area contributed by atoms with Gasteiger partial charge in [0.2, 0.25) is 0 Å². The molecule has 5 nitrogen and oxygen atoms in total. The second-order valence-corrected chi connectivity index (χ2v) is 3.06. The highest BCUT2D eigenvalue weighted by Crippen LogP contribution is 2.10. The first-order valence-electron chi connectivity index (χ1n) is 4.32. The van der Waals surface area contributed by atoms with Crippen LogP contribution in [0.2, 0.25) is 0 Å². The molecule has 76 valence electrons. The number of carboxylic acid groups (broad SMARTS) is 1. The summed E-state index contributed by atoms with van der Waals surface area (Å²) in [5.74, 6) is -2.53. The quantitative estimate of drug-likeness (QED) is 0.645. The summed E-state index contributed by atoms with van der Waals surface area (Å²) in [6, 6.07) is 0. The van der Waals surface area contributed by atoms with Gasteiger partial charge in [0.1, 0.15) is 0 Å². The van der Waals surface area contributed by atoms with Crippen molar-refractivity contribution in [2.75, 3.05) is 6.54 Å². The van der Waals surface area contributed by atoms with Crippen molar-refractivity contribution in [3.05, 3.63) is 12.2 Å². The van der Waals surface area contributed by atoms with Crippen molar-refractivity contribution in [3.63, 3.8) is 0 Å². The molecule has 0 saturated heterocycles. The van der Waals surface area contributed by atoms with Gasteiger partial charge in [-0.1, -0.05) is 6.92 Å². The SMILES string of the molecule is CCC(CN1C(=O)C=CC1=O)C(=O)O. The van der Waals surface area contributed by atoms with Gasteiger partial charge in [-0.3, -0.25) is 19.3 Å². The van der Waals surface area contributed by atoms with Gasteiger partial charge >= 0.3 is 5.97 Å². The number of carboxylic acids is 1. The Hall–Kier alpha value is -1.65. The maximum atomic E-state index is 11.1. The zero-order valence-corrected chi connectivity index (χ0v) is 7.77. The van der Waals surface area contributed by atoms with E-state index in [9.17, 15) is 14.4 Å². The summed E-state index contributed by atoms with van der Waals surface area (Å²) >= 11 is 0. The smallest absolute Gasteiger partial charge is 0.308 e.